The van der Waals surface area contributed by atoms with Crippen LogP contribution in [-0.4, -0.2) is 37.2 Å². The molecule has 0 saturated carbocycles. The second-order valence-electron chi connectivity index (χ2n) is 20.6. The Morgan fingerprint density at radius 1 is 0.280 bits per heavy atom. The lowest BCUT2D eigenvalue weighted by Gasteiger charge is -2.18. The molecule has 0 N–H and O–H groups in total. The van der Waals surface area contributed by atoms with Crippen LogP contribution < -0.4 is 0 Å². The molecule has 1 unspecified atom stereocenters. The van der Waals surface area contributed by atoms with E-state index in [0.717, 1.165) is 122 Å². The number of carbonyl (C=O) groups excluding carboxylic acids is 3. The van der Waals surface area contributed by atoms with Gasteiger partial charge >= 0.3 is 17.9 Å². The first-order valence-electron chi connectivity index (χ1n) is 31.4. The molecular formula is C69H116O6. The number of unbranched alkanes of at least 4 members (excludes halogenated alkanes) is 27. The Hall–Kier alpha value is -3.93. The van der Waals surface area contributed by atoms with Crippen molar-refractivity contribution < 1.29 is 28.6 Å². The fourth-order valence-electron chi connectivity index (χ4n) is 8.57. The summed E-state index contributed by atoms with van der Waals surface area (Å²) in [6.45, 7) is 6.48. The summed E-state index contributed by atoms with van der Waals surface area (Å²) >= 11 is 0. The zero-order valence-corrected chi connectivity index (χ0v) is 49.0. The monoisotopic (exact) mass is 1040 g/mol. The Bertz CT molecular complexity index is 1520. The molecule has 6 nitrogen and oxygen atoms in total. The van der Waals surface area contributed by atoms with Crippen molar-refractivity contribution in [2.75, 3.05) is 13.2 Å². The van der Waals surface area contributed by atoms with Gasteiger partial charge in [-0.2, -0.15) is 0 Å². The first kappa shape index (κ1) is 71.1. The van der Waals surface area contributed by atoms with E-state index in [-0.39, 0.29) is 31.1 Å². The van der Waals surface area contributed by atoms with Crippen LogP contribution in [0.25, 0.3) is 0 Å². The second kappa shape index (κ2) is 62.6. The van der Waals surface area contributed by atoms with E-state index in [2.05, 4.69) is 130 Å². The summed E-state index contributed by atoms with van der Waals surface area (Å²) in [7, 11) is 0. The summed E-state index contributed by atoms with van der Waals surface area (Å²) in [5.74, 6) is -0.894. The van der Waals surface area contributed by atoms with Crippen molar-refractivity contribution in [3.05, 3.63) is 109 Å². The molecule has 428 valence electrons. The standard InChI is InChI=1S/C69H116O6/c1-4-7-10-13-16-19-21-23-25-26-27-28-29-30-31-32-33-34-35-36-37-38-39-40-41-42-43-44-45-47-48-50-53-56-59-62-68(71)74-65-66(64-73-67(70)61-58-55-52-18-15-12-9-6-3)75-69(72)63-60-57-54-51-49-46-24-22-20-17-14-11-8-5-2/h7,10,16,19,22-25,27-28,30-31,33-34,36-37,39-40,66H,4-6,8-9,11-15,17-18,20-21,26,29,32,35,38,41-65H2,1-3H3/b10-7-,19-16-,24-22-,25-23-,28-27-,31-30-,34-33-,37-36-,40-39-. The third kappa shape index (κ3) is 60.8. The zero-order valence-electron chi connectivity index (χ0n) is 49.0. The molecule has 0 aromatic heterocycles. The minimum absolute atomic E-state index is 0.0801. The molecule has 0 spiro atoms. The van der Waals surface area contributed by atoms with E-state index in [0.29, 0.717) is 19.3 Å². The first-order chi connectivity index (χ1) is 37.0. The van der Waals surface area contributed by atoms with Gasteiger partial charge in [0.15, 0.2) is 6.10 Å². The highest BCUT2D eigenvalue weighted by molar-refractivity contribution is 5.71. The predicted molar refractivity (Wildman–Crippen MR) is 325 cm³/mol. The fraction of sp³-hybridized carbons (Fsp3) is 0.696. The Balaban J connectivity index is 4.11. The number of carbonyl (C=O) groups is 3. The summed E-state index contributed by atoms with van der Waals surface area (Å²) < 4.78 is 16.8. The van der Waals surface area contributed by atoms with Gasteiger partial charge in [-0.3, -0.25) is 14.4 Å². The van der Waals surface area contributed by atoms with Gasteiger partial charge in [0.05, 0.1) is 0 Å². The maximum absolute atomic E-state index is 12.8. The van der Waals surface area contributed by atoms with Crippen LogP contribution in [-0.2, 0) is 28.6 Å². The summed E-state index contributed by atoms with van der Waals surface area (Å²) in [5.41, 5.74) is 0. The molecule has 0 amide bonds. The Labute approximate surface area is 463 Å². The lowest BCUT2D eigenvalue weighted by Crippen LogP contribution is -2.30. The van der Waals surface area contributed by atoms with Gasteiger partial charge in [0.2, 0.25) is 0 Å². The highest BCUT2D eigenvalue weighted by atomic mass is 16.6. The van der Waals surface area contributed by atoms with Gasteiger partial charge in [-0.15, -0.1) is 0 Å². The van der Waals surface area contributed by atoms with Gasteiger partial charge in [0, 0.05) is 19.3 Å². The molecule has 0 rings (SSSR count). The largest absolute Gasteiger partial charge is 0.462 e. The Morgan fingerprint density at radius 3 is 0.827 bits per heavy atom. The smallest absolute Gasteiger partial charge is 0.306 e. The molecule has 0 aliphatic carbocycles. The highest BCUT2D eigenvalue weighted by Crippen LogP contribution is 2.15. The third-order valence-electron chi connectivity index (χ3n) is 13.3. The summed E-state index contributed by atoms with van der Waals surface area (Å²) in [6, 6.07) is 0. The lowest BCUT2D eigenvalue weighted by molar-refractivity contribution is -0.167. The molecule has 0 aromatic rings. The average Bonchev–Trinajstić information content (AvgIpc) is 3.41. The zero-order chi connectivity index (χ0) is 54.3. The number of hydrogen-bond acceptors (Lipinski definition) is 6. The van der Waals surface area contributed by atoms with Crippen LogP contribution in [0.4, 0.5) is 0 Å². The van der Waals surface area contributed by atoms with Gasteiger partial charge in [-0.1, -0.05) is 271 Å². The van der Waals surface area contributed by atoms with Crippen molar-refractivity contribution in [1.29, 1.82) is 0 Å². The van der Waals surface area contributed by atoms with Crippen LogP contribution in [0.1, 0.15) is 290 Å². The molecule has 1 atom stereocenters. The normalized spacial score (nSPS) is 12.8. The summed E-state index contributed by atoms with van der Waals surface area (Å²) in [5, 5.41) is 0. The van der Waals surface area contributed by atoms with E-state index >= 15 is 0 Å². The van der Waals surface area contributed by atoms with E-state index in [1.165, 1.54) is 128 Å². The van der Waals surface area contributed by atoms with Crippen molar-refractivity contribution in [1.82, 2.24) is 0 Å². The first-order valence-corrected chi connectivity index (χ1v) is 31.4. The van der Waals surface area contributed by atoms with Crippen molar-refractivity contribution in [3.8, 4) is 0 Å². The van der Waals surface area contributed by atoms with Crippen LogP contribution in [0.3, 0.4) is 0 Å². The van der Waals surface area contributed by atoms with Crippen molar-refractivity contribution in [2.45, 2.75) is 297 Å². The number of rotatable bonds is 56. The maximum atomic E-state index is 12.8. The van der Waals surface area contributed by atoms with Crippen molar-refractivity contribution in [3.63, 3.8) is 0 Å². The fourth-order valence-corrected chi connectivity index (χ4v) is 8.57. The van der Waals surface area contributed by atoms with Crippen LogP contribution in [0.5, 0.6) is 0 Å². The van der Waals surface area contributed by atoms with Crippen LogP contribution in [0, 0.1) is 0 Å². The van der Waals surface area contributed by atoms with Crippen molar-refractivity contribution in [2.24, 2.45) is 0 Å². The predicted octanol–water partition coefficient (Wildman–Crippen LogP) is 21.4. The number of allylic oxidation sites excluding steroid dienone is 18. The molecule has 75 heavy (non-hydrogen) atoms. The van der Waals surface area contributed by atoms with Gasteiger partial charge in [0.1, 0.15) is 13.2 Å². The van der Waals surface area contributed by atoms with Gasteiger partial charge in [-0.05, 0) is 109 Å². The molecule has 0 bridgehead atoms. The quantitative estimate of drug-likeness (QED) is 0.0261. The van der Waals surface area contributed by atoms with Crippen LogP contribution >= 0.6 is 0 Å². The molecule has 0 aliphatic heterocycles. The summed E-state index contributed by atoms with van der Waals surface area (Å²) in [4.78, 5) is 38.0. The second-order valence-corrected chi connectivity index (χ2v) is 20.6. The van der Waals surface area contributed by atoms with Gasteiger partial charge < -0.3 is 14.2 Å². The molecule has 6 heteroatoms. The molecule has 0 heterocycles. The molecule has 0 aliphatic rings. The number of ether oxygens (including phenoxy) is 3. The summed E-state index contributed by atoms with van der Waals surface area (Å²) in [6.07, 6.45) is 85.4. The van der Waals surface area contributed by atoms with Gasteiger partial charge in [0.25, 0.3) is 0 Å². The molecule has 0 aromatic carbocycles. The molecule has 0 radical (unpaired) electrons. The average molecular weight is 1040 g/mol. The number of esters is 3. The van der Waals surface area contributed by atoms with Gasteiger partial charge in [-0.25, -0.2) is 0 Å². The lowest BCUT2D eigenvalue weighted by atomic mass is 10.1. The van der Waals surface area contributed by atoms with Crippen LogP contribution in [0.2, 0.25) is 0 Å². The molecule has 0 fully saturated rings. The molecular weight excluding hydrogens is 925 g/mol. The molecule has 0 saturated heterocycles. The van der Waals surface area contributed by atoms with Crippen LogP contribution in [0.15, 0.2) is 109 Å². The topological polar surface area (TPSA) is 78.9 Å². The van der Waals surface area contributed by atoms with E-state index in [4.69, 9.17) is 14.2 Å². The highest BCUT2D eigenvalue weighted by Gasteiger charge is 2.19. The Kier molecular flexibility index (Phi) is 59.3. The Morgan fingerprint density at radius 2 is 0.520 bits per heavy atom. The van der Waals surface area contributed by atoms with Crippen molar-refractivity contribution >= 4 is 17.9 Å². The van der Waals surface area contributed by atoms with E-state index in [1.807, 2.05) is 0 Å². The van der Waals surface area contributed by atoms with E-state index in [1.54, 1.807) is 0 Å². The minimum atomic E-state index is -0.781. The van der Waals surface area contributed by atoms with E-state index < -0.39 is 6.10 Å². The SMILES string of the molecule is CC/C=C\C/C=C\C/C=C\C/C=C\C/C=C\C/C=C\C/C=C\C/C=C\CCCCCCCCCCCCC(=O)OCC(COC(=O)CCCCCCCCCC)OC(=O)CCCCCCC/C=C\CCCCCCC. The minimum Gasteiger partial charge on any atom is -0.462 e. The third-order valence-corrected chi connectivity index (χ3v) is 13.3. The number of hydrogen-bond donors (Lipinski definition) is 0. The van der Waals surface area contributed by atoms with E-state index in [9.17, 15) is 14.4 Å². The maximum Gasteiger partial charge on any atom is 0.306 e.